The standard InChI is InChI=1S/C49H30N4/c1-4-14-31(15-5-1)37-27-29-42-46-44(37)40-24-11-10-23-38(40)39-25-13-20-32-26-28-41(45(46)43(32)39)53(42)36-22-12-21-35(30-36)49-51-47(33-16-6-2-7-17-33)50-48(52-49)34-18-8-3-9-19-34/h1-30H. The number of nitrogens with zero attached hydrogens (tertiary/aromatic N) is 4. The zero-order valence-corrected chi connectivity index (χ0v) is 28.6. The largest absolute Gasteiger partial charge is 0.309 e. The van der Waals surface area contributed by atoms with E-state index in [4.69, 9.17) is 15.0 Å². The van der Waals surface area contributed by atoms with Crippen molar-refractivity contribution in [3.05, 3.63) is 182 Å². The molecule has 0 unspecified atom stereocenters. The van der Waals surface area contributed by atoms with Gasteiger partial charge >= 0.3 is 0 Å². The van der Waals surface area contributed by atoms with Crippen molar-refractivity contribution >= 4 is 32.6 Å². The molecule has 0 fully saturated rings. The minimum atomic E-state index is 0.634. The quantitative estimate of drug-likeness (QED) is 0.182. The van der Waals surface area contributed by atoms with Crippen LogP contribution in [-0.2, 0) is 0 Å². The van der Waals surface area contributed by atoms with Crippen LogP contribution in [0.3, 0.4) is 0 Å². The lowest BCUT2D eigenvalue weighted by Gasteiger charge is -2.17. The van der Waals surface area contributed by atoms with Crippen molar-refractivity contribution in [2.75, 3.05) is 0 Å². The summed E-state index contributed by atoms with van der Waals surface area (Å²) in [5.74, 6) is 1.93. The van der Waals surface area contributed by atoms with E-state index in [2.05, 4.69) is 126 Å². The predicted octanol–water partition coefficient (Wildman–Crippen LogP) is 12.4. The Bertz CT molecular complexity index is 2980. The van der Waals surface area contributed by atoms with Crippen LogP contribution in [-0.4, -0.2) is 19.5 Å². The van der Waals surface area contributed by atoms with E-state index < -0.39 is 0 Å². The highest BCUT2D eigenvalue weighted by atomic mass is 15.0. The Morgan fingerprint density at radius 3 is 1.55 bits per heavy atom. The number of aromatic nitrogens is 4. The summed E-state index contributed by atoms with van der Waals surface area (Å²) in [6.45, 7) is 0. The Morgan fingerprint density at radius 1 is 0.321 bits per heavy atom. The predicted molar refractivity (Wildman–Crippen MR) is 218 cm³/mol. The Labute approximate surface area is 306 Å². The van der Waals surface area contributed by atoms with E-state index in [9.17, 15) is 0 Å². The van der Waals surface area contributed by atoms with Crippen molar-refractivity contribution in [3.8, 4) is 73.2 Å². The van der Waals surface area contributed by atoms with E-state index in [0.717, 1.165) is 27.9 Å². The van der Waals surface area contributed by atoms with Crippen molar-refractivity contribution in [3.63, 3.8) is 0 Å². The van der Waals surface area contributed by atoms with Gasteiger partial charge in [0.1, 0.15) is 0 Å². The number of hydrogen-bond acceptors (Lipinski definition) is 3. The first kappa shape index (κ1) is 29.5. The van der Waals surface area contributed by atoms with Gasteiger partial charge in [-0.15, -0.1) is 0 Å². The van der Waals surface area contributed by atoms with E-state index in [1.54, 1.807) is 0 Å². The highest BCUT2D eigenvalue weighted by molar-refractivity contribution is 6.31. The highest BCUT2D eigenvalue weighted by Crippen LogP contribution is 2.52. The van der Waals surface area contributed by atoms with Crippen molar-refractivity contribution in [2.24, 2.45) is 0 Å². The summed E-state index contributed by atoms with van der Waals surface area (Å²) in [4.78, 5) is 15.1. The van der Waals surface area contributed by atoms with Crippen molar-refractivity contribution in [1.82, 2.24) is 19.5 Å². The molecule has 4 nitrogen and oxygen atoms in total. The second kappa shape index (κ2) is 11.7. The van der Waals surface area contributed by atoms with Crippen LogP contribution in [0.5, 0.6) is 0 Å². The van der Waals surface area contributed by atoms with Crippen LogP contribution in [0.1, 0.15) is 0 Å². The van der Waals surface area contributed by atoms with Gasteiger partial charge in [0.2, 0.25) is 0 Å². The van der Waals surface area contributed by atoms with Gasteiger partial charge in [-0.05, 0) is 62.9 Å². The Hall–Kier alpha value is -7.17. The van der Waals surface area contributed by atoms with E-state index in [1.807, 2.05) is 60.7 Å². The molecular formula is C49H30N4. The van der Waals surface area contributed by atoms with E-state index in [0.29, 0.717) is 17.5 Å². The lowest BCUT2D eigenvalue weighted by Crippen LogP contribution is -2.01. The minimum Gasteiger partial charge on any atom is -0.309 e. The molecule has 8 aromatic carbocycles. The van der Waals surface area contributed by atoms with Gasteiger partial charge in [0.25, 0.3) is 0 Å². The van der Waals surface area contributed by atoms with Gasteiger partial charge in [0.05, 0.1) is 11.0 Å². The summed E-state index contributed by atoms with van der Waals surface area (Å²) >= 11 is 0. The Balaban J connectivity index is 1.20. The van der Waals surface area contributed by atoms with Gasteiger partial charge in [-0.25, -0.2) is 15.0 Å². The average Bonchev–Trinajstić information content (AvgIpc) is 3.52. The third-order valence-corrected chi connectivity index (χ3v) is 10.6. The number of hydrogen-bond donors (Lipinski definition) is 0. The van der Waals surface area contributed by atoms with Crippen LogP contribution in [0.2, 0.25) is 0 Å². The molecule has 0 saturated heterocycles. The van der Waals surface area contributed by atoms with Crippen LogP contribution in [0, 0.1) is 0 Å². The molecule has 4 heteroatoms. The van der Waals surface area contributed by atoms with Crippen LogP contribution < -0.4 is 0 Å². The smallest absolute Gasteiger partial charge is 0.164 e. The first-order valence-electron chi connectivity index (χ1n) is 18.0. The lowest BCUT2D eigenvalue weighted by atomic mass is 9.88. The molecule has 0 aliphatic heterocycles. The fourth-order valence-corrected chi connectivity index (χ4v) is 8.27. The average molecular weight is 675 g/mol. The monoisotopic (exact) mass is 674 g/mol. The van der Waals surface area contributed by atoms with Crippen LogP contribution in [0.4, 0.5) is 0 Å². The summed E-state index contributed by atoms with van der Waals surface area (Å²) < 4.78 is 2.42. The molecule has 0 bridgehead atoms. The van der Waals surface area contributed by atoms with Gasteiger partial charge in [-0.1, -0.05) is 158 Å². The molecule has 10 aromatic rings. The van der Waals surface area contributed by atoms with E-state index >= 15 is 0 Å². The summed E-state index contributed by atoms with van der Waals surface area (Å²) in [7, 11) is 0. The number of fused-ring (bicyclic) bond motifs is 3. The van der Waals surface area contributed by atoms with Gasteiger partial charge in [-0.3, -0.25) is 0 Å². The van der Waals surface area contributed by atoms with Crippen LogP contribution in [0.25, 0.3) is 106 Å². The summed E-state index contributed by atoms with van der Waals surface area (Å²) in [5.41, 5.74) is 13.7. The molecule has 2 heterocycles. The maximum atomic E-state index is 5.06. The van der Waals surface area contributed by atoms with Crippen molar-refractivity contribution < 1.29 is 0 Å². The first-order chi connectivity index (χ1) is 26.3. The van der Waals surface area contributed by atoms with E-state index in [1.165, 1.54) is 60.4 Å². The Morgan fingerprint density at radius 2 is 0.849 bits per heavy atom. The normalized spacial score (nSPS) is 11.8. The molecule has 1 aliphatic carbocycles. The third kappa shape index (κ3) is 4.59. The number of rotatable bonds is 5. The van der Waals surface area contributed by atoms with Gasteiger partial charge in [0.15, 0.2) is 17.5 Å². The highest BCUT2D eigenvalue weighted by Gasteiger charge is 2.27. The molecule has 11 rings (SSSR count). The molecule has 0 spiro atoms. The summed E-state index contributed by atoms with van der Waals surface area (Å²) in [5, 5.41) is 5.08. The molecule has 0 N–H and O–H groups in total. The second-order valence-electron chi connectivity index (χ2n) is 13.6. The molecule has 0 radical (unpaired) electrons. The Kier molecular flexibility index (Phi) is 6.52. The fourth-order valence-electron chi connectivity index (χ4n) is 8.27. The van der Waals surface area contributed by atoms with Crippen LogP contribution >= 0.6 is 0 Å². The molecule has 246 valence electrons. The second-order valence-corrected chi connectivity index (χ2v) is 13.6. The zero-order valence-electron chi connectivity index (χ0n) is 28.6. The molecule has 1 aliphatic rings. The lowest BCUT2D eigenvalue weighted by molar-refractivity contribution is 1.07. The minimum absolute atomic E-state index is 0.634. The van der Waals surface area contributed by atoms with Crippen LogP contribution in [0.15, 0.2) is 182 Å². The molecule has 0 saturated carbocycles. The third-order valence-electron chi connectivity index (χ3n) is 10.6. The fraction of sp³-hybridized carbons (Fsp3) is 0. The van der Waals surface area contributed by atoms with Crippen molar-refractivity contribution in [1.29, 1.82) is 0 Å². The summed E-state index contributed by atoms with van der Waals surface area (Å²) in [6, 6.07) is 64.5. The van der Waals surface area contributed by atoms with Gasteiger partial charge in [0, 0.05) is 38.7 Å². The number of benzene rings is 8. The topological polar surface area (TPSA) is 43.6 Å². The molecule has 2 aromatic heterocycles. The molecule has 0 atom stereocenters. The molecular weight excluding hydrogens is 645 g/mol. The van der Waals surface area contributed by atoms with Crippen molar-refractivity contribution in [2.45, 2.75) is 0 Å². The SMILES string of the molecule is c1ccc(-c2nc(-c3ccccc3)nc(-c3cccc(-n4c5ccc(-c6ccccc6)c6c5c5c7c(cccc7ccc54)-c4ccccc4-6)c3)n2)cc1. The first-order valence-corrected chi connectivity index (χ1v) is 18.0. The van der Waals surface area contributed by atoms with Gasteiger partial charge < -0.3 is 4.57 Å². The molecule has 0 amide bonds. The molecule has 53 heavy (non-hydrogen) atoms. The van der Waals surface area contributed by atoms with E-state index in [-0.39, 0.29) is 0 Å². The van der Waals surface area contributed by atoms with Gasteiger partial charge in [-0.2, -0.15) is 0 Å². The zero-order chi connectivity index (χ0) is 34.9. The summed E-state index contributed by atoms with van der Waals surface area (Å²) in [6.07, 6.45) is 0. The maximum Gasteiger partial charge on any atom is 0.164 e. The maximum absolute atomic E-state index is 5.06.